The second-order valence-electron chi connectivity index (χ2n) is 5.74. The molecule has 0 bridgehead atoms. The van der Waals surface area contributed by atoms with Crippen LogP contribution < -0.4 is 5.32 Å². The van der Waals surface area contributed by atoms with E-state index in [9.17, 15) is 0 Å². The number of nitrogens with zero attached hydrogens (tertiary/aromatic N) is 1. The summed E-state index contributed by atoms with van der Waals surface area (Å²) < 4.78 is 0. The van der Waals surface area contributed by atoms with Gasteiger partial charge >= 0.3 is 0 Å². The van der Waals surface area contributed by atoms with Gasteiger partial charge in [-0.05, 0) is 50.4 Å². The van der Waals surface area contributed by atoms with Gasteiger partial charge in [-0.15, -0.1) is 0 Å². The van der Waals surface area contributed by atoms with E-state index >= 15 is 0 Å². The van der Waals surface area contributed by atoms with Crippen molar-refractivity contribution < 1.29 is 0 Å². The zero-order chi connectivity index (χ0) is 12.8. The van der Waals surface area contributed by atoms with E-state index in [1.54, 1.807) is 0 Å². The Hall–Kier alpha value is -0.860. The van der Waals surface area contributed by atoms with Crippen LogP contribution in [0.5, 0.6) is 0 Å². The smallest absolute Gasteiger partial charge is 0.00187 e. The lowest BCUT2D eigenvalue weighted by atomic mass is 9.97. The molecule has 0 spiro atoms. The summed E-state index contributed by atoms with van der Waals surface area (Å²) in [7, 11) is 2.23. The Morgan fingerprint density at radius 1 is 1.33 bits per heavy atom. The molecule has 1 fully saturated rings. The minimum Gasteiger partial charge on any atom is -0.316 e. The van der Waals surface area contributed by atoms with Gasteiger partial charge < -0.3 is 10.2 Å². The van der Waals surface area contributed by atoms with Crippen molar-refractivity contribution in [1.29, 1.82) is 0 Å². The highest BCUT2D eigenvalue weighted by Gasteiger charge is 2.16. The SMILES string of the molecule is CC(CNCC1CCCN(C)C1)c1ccccc1. The van der Waals surface area contributed by atoms with Crippen molar-refractivity contribution in [1.82, 2.24) is 10.2 Å². The summed E-state index contributed by atoms with van der Waals surface area (Å²) in [6, 6.07) is 10.8. The average molecular weight is 246 g/mol. The highest BCUT2D eigenvalue weighted by molar-refractivity contribution is 5.18. The second kappa shape index (κ2) is 6.91. The lowest BCUT2D eigenvalue weighted by Crippen LogP contribution is -2.38. The summed E-state index contributed by atoms with van der Waals surface area (Å²) in [6.07, 6.45) is 2.74. The highest BCUT2D eigenvalue weighted by atomic mass is 15.1. The fourth-order valence-corrected chi connectivity index (χ4v) is 2.84. The van der Waals surface area contributed by atoms with Crippen LogP contribution in [0, 0.1) is 5.92 Å². The Morgan fingerprint density at radius 2 is 2.11 bits per heavy atom. The Morgan fingerprint density at radius 3 is 2.83 bits per heavy atom. The quantitative estimate of drug-likeness (QED) is 0.859. The number of benzene rings is 1. The fourth-order valence-electron chi connectivity index (χ4n) is 2.84. The summed E-state index contributed by atoms with van der Waals surface area (Å²) in [5.74, 6) is 1.44. The standard InChI is InChI=1S/C16H26N2/c1-14(16-8-4-3-5-9-16)11-17-12-15-7-6-10-18(2)13-15/h3-5,8-9,14-15,17H,6-7,10-13H2,1-2H3. The van der Waals surface area contributed by atoms with Gasteiger partial charge in [-0.3, -0.25) is 0 Å². The van der Waals surface area contributed by atoms with E-state index in [1.807, 2.05) is 0 Å². The monoisotopic (exact) mass is 246 g/mol. The van der Waals surface area contributed by atoms with Gasteiger partial charge in [-0.2, -0.15) is 0 Å². The predicted octanol–water partition coefficient (Wildman–Crippen LogP) is 2.72. The van der Waals surface area contributed by atoms with Gasteiger partial charge in [0.05, 0.1) is 0 Å². The van der Waals surface area contributed by atoms with Crippen LogP contribution in [0.2, 0.25) is 0 Å². The van der Waals surface area contributed by atoms with Gasteiger partial charge in [0.2, 0.25) is 0 Å². The third-order valence-electron chi connectivity index (χ3n) is 3.97. The zero-order valence-electron chi connectivity index (χ0n) is 11.7. The van der Waals surface area contributed by atoms with E-state index in [1.165, 1.54) is 38.0 Å². The molecule has 1 saturated heterocycles. The number of hydrogen-bond acceptors (Lipinski definition) is 2. The molecular formula is C16H26N2. The zero-order valence-corrected chi connectivity index (χ0v) is 11.7. The van der Waals surface area contributed by atoms with Gasteiger partial charge in [0, 0.05) is 13.1 Å². The molecule has 1 heterocycles. The van der Waals surface area contributed by atoms with Crippen LogP contribution in [0.3, 0.4) is 0 Å². The van der Waals surface area contributed by atoms with Gasteiger partial charge in [0.1, 0.15) is 0 Å². The predicted molar refractivity (Wildman–Crippen MR) is 77.9 cm³/mol. The summed E-state index contributed by atoms with van der Waals surface area (Å²) in [4.78, 5) is 2.45. The van der Waals surface area contributed by atoms with Crippen LogP contribution in [-0.4, -0.2) is 38.1 Å². The fraction of sp³-hybridized carbons (Fsp3) is 0.625. The van der Waals surface area contributed by atoms with Gasteiger partial charge in [-0.1, -0.05) is 37.3 Å². The molecule has 2 nitrogen and oxygen atoms in total. The molecule has 2 unspecified atom stereocenters. The number of hydrogen-bond donors (Lipinski definition) is 1. The van der Waals surface area contributed by atoms with Crippen LogP contribution in [-0.2, 0) is 0 Å². The molecule has 0 saturated carbocycles. The summed E-state index contributed by atoms with van der Waals surface area (Å²) in [5.41, 5.74) is 1.44. The number of likely N-dealkylation sites (tertiary alicyclic amines) is 1. The molecule has 1 N–H and O–H groups in total. The molecule has 0 aromatic heterocycles. The van der Waals surface area contributed by atoms with Crippen molar-refractivity contribution in [3.8, 4) is 0 Å². The van der Waals surface area contributed by atoms with Crippen LogP contribution in [0.4, 0.5) is 0 Å². The molecule has 100 valence electrons. The van der Waals surface area contributed by atoms with E-state index in [0.717, 1.165) is 12.5 Å². The second-order valence-corrected chi connectivity index (χ2v) is 5.74. The number of piperidine rings is 1. The van der Waals surface area contributed by atoms with E-state index < -0.39 is 0 Å². The Kier molecular flexibility index (Phi) is 5.21. The first-order chi connectivity index (χ1) is 8.75. The lowest BCUT2D eigenvalue weighted by Gasteiger charge is -2.30. The Labute approximate surface area is 111 Å². The van der Waals surface area contributed by atoms with Gasteiger partial charge in [0.25, 0.3) is 0 Å². The summed E-state index contributed by atoms with van der Waals surface area (Å²) in [5, 5.41) is 3.65. The first-order valence-electron chi connectivity index (χ1n) is 7.20. The molecule has 18 heavy (non-hydrogen) atoms. The Bertz CT molecular complexity index is 336. The Balaban J connectivity index is 1.69. The molecular weight excluding hydrogens is 220 g/mol. The van der Waals surface area contributed by atoms with Crippen LogP contribution in [0.25, 0.3) is 0 Å². The molecule has 2 heteroatoms. The van der Waals surface area contributed by atoms with E-state index in [-0.39, 0.29) is 0 Å². The lowest BCUT2D eigenvalue weighted by molar-refractivity contribution is 0.206. The van der Waals surface area contributed by atoms with Gasteiger partial charge in [0.15, 0.2) is 0 Å². The van der Waals surface area contributed by atoms with Crippen LogP contribution in [0.15, 0.2) is 30.3 Å². The minimum absolute atomic E-state index is 0.604. The number of nitrogens with one attached hydrogen (secondary N) is 1. The van der Waals surface area contributed by atoms with E-state index in [2.05, 4.69) is 54.5 Å². The maximum atomic E-state index is 3.65. The highest BCUT2D eigenvalue weighted by Crippen LogP contribution is 2.16. The normalized spacial score (nSPS) is 22.9. The molecule has 1 aliphatic heterocycles. The van der Waals surface area contributed by atoms with Crippen LogP contribution in [0.1, 0.15) is 31.2 Å². The third kappa shape index (κ3) is 4.11. The third-order valence-corrected chi connectivity index (χ3v) is 3.97. The van der Waals surface area contributed by atoms with Crippen molar-refractivity contribution in [2.24, 2.45) is 5.92 Å². The minimum atomic E-state index is 0.604. The maximum Gasteiger partial charge on any atom is 0.00187 e. The summed E-state index contributed by atoms with van der Waals surface area (Å²) in [6.45, 7) is 7.09. The molecule has 0 aliphatic carbocycles. The van der Waals surface area contributed by atoms with E-state index in [4.69, 9.17) is 0 Å². The molecule has 1 aromatic rings. The molecule has 1 aliphatic rings. The number of rotatable bonds is 5. The van der Waals surface area contributed by atoms with Gasteiger partial charge in [-0.25, -0.2) is 0 Å². The molecule has 0 radical (unpaired) electrons. The van der Waals surface area contributed by atoms with Crippen LogP contribution >= 0.6 is 0 Å². The summed E-state index contributed by atoms with van der Waals surface area (Å²) >= 11 is 0. The topological polar surface area (TPSA) is 15.3 Å². The largest absolute Gasteiger partial charge is 0.316 e. The first kappa shape index (κ1) is 13.6. The van der Waals surface area contributed by atoms with E-state index in [0.29, 0.717) is 5.92 Å². The average Bonchev–Trinajstić information content (AvgIpc) is 2.40. The molecule has 2 rings (SSSR count). The molecule has 1 aromatic carbocycles. The molecule has 2 atom stereocenters. The van der Waals surface area contributed by atoms with Crippen molar-refractivity contribution >= 4 is 0 Å². The maximum absolute atomic E-state index is 3.65. The molecule has 0 amide bonds. The van der Waals surface area contributed by atoms with Crippen molar-refractivity contribution in [2.45, 2.75) is 25.7 Å². The van der Waals surface area contributed by atoms with Crippen molar-refractivity contribution in [3.63, 3.8) is 0 Å². The first-order valence-corrected chi connectivity index (χ1v) is 7.20. The van der Waals surface area contributed by atoms with Crippen molar-refractivity contribution in [2.75, 3.05) is 33.2 Å². The van der Waals surface area contributed by atoms with Crippen molar-refractivity contribution in [3.05, 3.63) is 35.9 Å².